The van der Waals surface area contributed by atoms with Gasteiger partial charge in [0, 0.05) is 0 Å². The minimum atomic E-state index is -0.0937. The molecule has 1 aliphatic rings. The van der Waals surface area contributed by atoms with Crippen molar-refractivity contribution in [3.8, 4) is 0 Å². The Balaban J connectivity index is 2.63. The monoisotopic (exact) mass is 112 g/mol. The van der Waals surface area contributed by atoms with Gasteiger partial charge in [0.05, 0.1) is 0 Å². The van der Waals surface area contributed by atoms with E-state index < -0.39 is 0 Å². The highest BCUT2D eigenvalue weighted by atomic mass is 19.1. The van der Waals surface area contributed by atoms with Gasteiger partial charge in [0.25, 0.3) is 0 Å². The Hall–Kier alpha value is -0.590. The smallest absolute Gasteiger partial charge is 0.119 e. The van der Waals surface area contributed by atoms with Crippen molar-refractivity contribution in [3.63, 3.8) is 0 Å². The van der Waals surface area contributed by atoms with Gasteiger partial charge in [-0.2, -0.15) is 0 Å². The molecular formula is C7H9F. The summed E-state index contributed by atoms with van der Waals surface area (Å²) in [6, 6.07) is 0. The number of halogens is 1. The summed E-state index contributed by atoms with van der Waals surface area (Å²) < 4.78 is 12.2. The maximum Gasteiger partial charge on any atom is 0.119 e. The summed E-state index contributed by atoms with van der Waals surface area (Å²) in [5.41, 5.74) is 0. The molecule has 0 saturated carbocycles. The molecule has 0 fully saturated rings. The minimum absolute atomic E-state index is 0.0937. The lowest BCUT2D eigenvalue weighted by molar-refractivity contribution is 0.616. The lowest BCUT2D eigenvalue weighted by atomic mass is 10.0. The topological polar surface area (TPSA) is 0 Å². The van der Waals surface area contributed by atoms with E-state index in [0.717, 1.165) is 6.42 Å². The Morgan fingerprint density at radius 2 is 2.50 bits per heavy atom. The van der Waals surface area contributed by atoms with Gasteiger partial charge in [0.2, 0.25) is 0 Å². The van der Waals surface area contributed by atoms with Crippen LogP contribution in [-0.4, -0.2) is 0 Å². The molecule has 8 heavy (non-hydrogen) atoms. The van der Waals surface area contributed by atoms with Crippen LogP contribution in [0.3, 0.4) is 0 Å². The molecule has 44 valence electrons. The van der Waals surface area contributed by atoms with Gasteiger partial charge < -0.3 is 0 Å². The zero-order valence-electron chi connectivity index (χ0n) is 4.89. The first-order chi connectivity index (χ1) is 3.79. The Labute approximate surface area is 48.7 Å². The molecular weight excluding hydrogens is 103 g/mol. The standard InChI is InChI=1S/C7H9F/c1-6-3-2-4-7(8)5-6/h2,4-6H,3H2,1H3. The highest BCUT2D eigenvalue weighted by Gasteiger charge is 2.00. The van der Waals surface area contributed by atoms with E-state index in [9.17, 15) is 4.39 Å². The first-order valence-electron chi connectivity index (χ1n) is 2.83. The lowest BCUT2D eigenvalue weighted by Gasteiger charge is -2.04. The molecule has 0 aliphatic heterocycles. The van der Waals surface area contributed by atoms with E-state index in [4.69, 9.17) is 0 Å². The summed E-state index contributed by atoms with van der Waals surface area (Å²) in [6.07, 6.45) is 5.99. The van der Waals surface area contributed by atoms with Gasteiger partial charge >= 0.3 is 0 Å². The van der Waals surface area contributed by atoms with Crippen LogP contribution in [0.5, 0.6) is 0 Å². The van der Waals surface area contributed by atoms with Crippen molar-refractivity contribution < 1.29 is 4.39 Å². The van der Waals surface area contributed by atoms with Crippen LogP contribution in [0.15, 0.2) is 24.1 Å². The summed E-state index contributed by atoms with van der Waals surface area (Å²) in [6.45, 7) is 2.00. The molecule has 0 amide bonds. The molecule has 0 aromatic heterocycles. The van der Waals surface area contributed by atoms with Crippen molar-refractivity contribution in [2.24, 2.45) is 5.92 Å². The minimum Gasteiger partial charge on any atom is -0.207 e. The van der Waals surface area contributed by atoms with Crippen LogP contribution >= 0.6 is 0 Å². The Morgan fingerprint density at radius 3 is 2.88 bits per heavy atom. The second-order valence-electron chi connectivity index (χ2n) is 2.17. The third-order valence-electron chi connectivity index (χ3n) is 1.23. The highest BCUT2D eigenvalue weighted by molar-refractivity contribution is 5.16. The number of hydrogen-bond acceptors (Lipinski definition) is 0. The summed E-state index contributed by atoms with van der Waals surface area (Å²) >= 11 is 0. The van der Waals surface area contributed by atoms with Crippen LogP contribution in [0.2, 0.25) is 0 Å². The summed E-state index contributed by atoms with van der Waals surface area (Å²) in [5.74, 6) is 0.295. The zero-order valence-corrected chi connectivity index (χ0v) is 4.89. The molecule has 0 heterocycles. The third-order valence-corrected chi connectivity index (χ3v) is 1.23. The molecule has 1 aliphatic carbocycles. The van der Waals surface area contributed by atoms with Crippen LogP contribution in [0.4, 0.5) is 4.39 Å². The lowest BCUT2D eigenvalue weighted by Crippen LogP contribution is -1.91. The van der Waals surface area contributed by atoms with Crippen LogP contribution < -0.4 is 0 Å². The van der Waals surface area contributed by atoms with Gasteiger partial charge in [-0.1, -0.05) is 13.0 Å². The number of rotatable bonds is 0. The molecule has 0 aromatic rings. The fraction of sp³-hybridized carbons (Fsp3) is 0.429. The first kappa shape index (κ1) is 5.54. The van der Waals surface area contributed by atoms with Gasteiger partial charge in [-0.3, -0.25) is 0 Å². The zero-order chi connectivity index (χ0) is 5.98. The summed E-state index contributed by atoms with van der Waals surface area (Å²) in [7, 11) is 0. The van der Waals surface area contributed by atoms with E-state index in [1.165, 1.54) is 6.08 Å². The SMILES string of the molecule is CC1C=C(F)C=CC1. The van der Waals surface area contributed by atoms with E-state index in [2.05, 4.69) is 0 Å². The maximum atomic E-state index is 12.2. The average Bonchev–Trinajstić information content (AvgIpc) is 1.64. The third kappa shape index (κ3) is 1.19. The largest absolute Gasteiger partial charge is 0.207 e. The van der Waals surface area contributed by atoms with Crippen LogP contribution in [0.25, 0.3) is 0 Å². The number of allylic oxidation sites excluding steroid dienone is 4. The highest BCUT2D eigenvalue weighted by Crippen LogP contribution is 2.15. The number of hydrogen-bond donors (Lipinski definition) is 0. The van der Waals surface area contributed by atoms with Crippen LogP contribution in [0, 0.1) is 5.92 Å². The fourth-order valence-corrected chi connectivity index (χ4v) is 0.791. The predicted molar refractivity (Wildman–Crippen MR) is 32.1 cm³/mol. The fourth-order valence-electron chi connectivity index (χ4n) is 0.791. The first-order valence-corrected chi connectivity index (χ1v) is 2.83. The van der Waals surface area contributed by atoms with Crippen molar-refractivity contribution in [2.75, 3.05) is 0 Å². The molecule has 0 saturated heterocycles. The Morgan fingerprint density at radius 1 is 1.75 bits per heavy atom. The molecule has 1 unspecified atom stereocenters. The van der Waals surface area contributed by atoms with Gasteiger partial charge in [-0.15, -0.1) is 0 Å². The normalized spacial score (nSPS) is 27.8. The van der Waals surface area contributed by atoms with Crippen LogP contribution in [0.1, 0.15) is 13.3 Å². The van der Waals surface area contributed by atoms with E-state index in [-0.39, 0.29) is 5.83 Å². The predicted octanol–water partition coefficient (Wildman–Crippen LogP) is 2.44. The Kier molecular flexibility index (Phi) is 1.47. The molecule has 0 spiro atoms. The van der Waals surface area contributed by atoms with Gasteiger partial charge in [0.15, 0.2) is 0 Å². The molecule has 0 nitrogen and oxygen atoms in total. The van der Waals surface area contributed by atoms with E-state index in [1.54, 1.807) is 6.08 Å². The Bertz CT molecular complexity index is 133. The molecule has 0 aromatic carbocycles. The molecule has 0 N–H and O–H groups in total. The molecule has 1 rings (SSSR count). The summed E-state index contributed by atoms with van der Waals surface area (Å²) in [4.78, 5) is 0. The quantitative estimate of drug-likeness (QED) is 0.451. The van der Waals surface area contributed by atoms with Crippen molar-refractivity contribution in [2.45, 2.75) is 13.3 Å². The van der Waals surface area contributed by atoms with Gasteiger partial charge in [0.1, 0.15) is 5.83 Å². The van der Waals surface area contributed by atoms with E-state index >= 15 is 0 Å². The van der Waals surface area contributed by atoms with E-state index in [1.807, 2.05) is 13.0 Å². The molecule has 0 bridgehead atoms. The van der Waals surface area contributed by atoms with Gasteiger partial charge in [-0.05, 0) is 24.5 Å². The molecule has 0 radical (unpaired) electrons. The van der Waals surface area contributed by atoms with E-state index in [0.29, 0.717) is 5.92 Å². The summed E-state index contributed by atoms with van der Waals surface area (Å²) in [5, 5.41) is 0. The van der Waals surface area contributed by atoms with Crippen molar-refractivity contribution in [1.82, 2.24) is 0 Å². The van der Waals surface area contributed by atoms with Gasteiger partial charge in [-0.25, -0.2) is 4.39 Å². The molecule has 1 heteroatoms. The maximum absolute atomic E-state index is 12.2. The average molecular weight is 112 g/mol. The second-order valence-corrected chi connectivity index (χ2v) is 2.17. The van der Waals surface area contributed by atoms with Crippen LogP contribution in [-0.2, 0) is 0 Å². The van der Waals surface area contributed by atoms with Crippen molar-refractivity contribution in [1.29, 1.82) is 0 Å². The van der Waals surface area contributed by atoms with Crippen molar-refractivity contribution >= 4 is 0 Å². The van der Waals surface area contributed by atoms with Crippen molar-refractivity contribution in [3.05, 3.63) is 24.1 Å². The molecule has 1 atom stereocenters. The second kappa shape index (κ2) is 2.12.